The van der Waals surface area contributed by atoms with Crippen molar-refractivity contribution in [1.29, 1.82) is 0 Å². The summed E-state index contributed by atoms with van der Waals surface area (Å²) in [6, 6.07) is 11.1. The Balaban J connectivity index is 1.30. The van der Waals surface area contributed by atoms with Gasteiger partial charge < -0.3 is 23.7 Å². The third-order valence-corrected chi connectivity index (χ3v) is 5.43. The van der Waals surface area contributed by atoms with Crippen LogP contribution in [0.5, 0.6) is 5.75 Å². The molecular weight excluding hydrogens is 420 g/mol. The summed E-state index contributed by atoms with van der Waals surface area (Å²) in [6.07, 6.45) is 3.58. The van der Waals surface area contributed by atoms with Crippen LogP contribution in [0, 0.1) is 6.92 Å². The second-order valence-electron chi connectivity index (χ2n) is 9.23. The molecule has 3 aromatic rings. The summed E-state index contributed by atoms with van der Waals surface area (Å²) >= 11 is 0. The number of amides is 2. The highest BCUT2D eigenvalue weighted by atomic mass is 16.6. The molecule has 2 aromatic heterocycles. The van der Waals surface area contributed by atoms with E-state index < -0.39 is 5.60 Å². The molecule has 4 rings (SSSR count). The molecule has 33 heavy (non-hydrogen) atoms. The molecule has 0 spiro atoms. The third kappa shape index (κ3) is 5.45. The monoisotopic (exact) mass is 450 g/mol. The van der Waals surface area contributed by atoms with Crippen LogP contribution in [0.2, 0.25) is 0 Å². The Morgan fingerprint density at radius 2 is 1.67 bits per heavy atom. The molecule has 0 saturated carbocycles. The summed E-state index contributed by atoms with van der Waals surface area (Å²) in [7, 11) is 0. The minimum atomic E-state index is -0.530. The van der Waals surface area contributed by atoms with Crippen LogP contribution in [0.4, 0.5) is 4.79 Å². The zero-order chi connectivity index (χ0) is 23.6. The number of imidazole rings is 1. The standard InChI is InChI=1S/C25H30N4O4/c1-18-6-5-11-29-16-20(26-22(18)29)17-32-21-9-7-19(8-10-21)23(30)27-12-14-28(15-13-27)24(31)33-25(2,3)4/h5-11,16H,12-15,17H2,1-4H3. The van der Waals surface area contributed by atoms with Crippen molar-refractivity contribution in [2.24, 2.45) is 0 Å². The Morgan fingerprint density at radius 3 is 2.30 bits per heavy atom. The van der Waals surface area contributed by atoms with Crippen LogP contribution in [-0.2, 0) is 11.3 Å². The molecule has 0 atom stereocenters. The van der Waals surface area contributed by atoms with Crippen LogP contribution < -0.4 is 4.74 Å². The fourth-order valence-corrected chi connectivity index (χ4v) is 3.73. The normalized spacial score (nSPS) is 14.4. The number of carbonyl (C=O) groups is 2. The number of ether oxygens (including phenoxy) is 2. The largest absolute Gasteiger partial charge is 0.487 e. The van der Waals surface area contributed by atoms with Gasteiger partial charge in [-0.3, -0.25) is 4.79 Å². The minimum absolute atomic E-state index is 0.0544. The number of aromatic nitrogens is 2. The van der Waals surface area contributed by atoms with Crippen molar-refractivity contribution in [2.45, 2.75) is 39.9 Å². The summed E-state index contributed by atoms with van der Waals surface area (Å²) < 4.78 is 13.3. The van der Waals surface area contributed by atoms with E-state index >= 15 is 0 Å². The molecule has 0 radical (unpaired) electrons. The highest BCUT2D eigenvalue weighted by Crippen LogP contribution is 2.18. The highest BCUT2D eigenvalue weighted by Gasteiger charge is 2.28. The number of piperazine rings is 1. The number of pyridine rings is 1. The van der Waals surface area contributed by atoms with E-state index in [2.05, 4.69) is 4.98 Å². The van der Waals surface area contributed by atoms with E-state index in [9.17, 15) is 9.59 Å². The zero-order valence-electron chi connectivity index (χ0n) is 19.6. The summed E-state index contributed by atoms with van der Waals surface area (Å²) in [5.41, 5.74) is 2.93. The lowest BCUT2D eigenvalue weighted by Gasteiger charge is -2.35. The van der Waals surface area contributed by atoms with Gasteiger partial charge in [0.2, 0.25) is 0 Å². The van der Waals surface area contributed by atoms with Gasteiger partial charge >= 0.3 is 6.09 Å². The first kappa shape index (κ1) is 22.6. The van der Waals surface area contributed by atoms with Gasteiger partial charge in [-0.2, -0.15) is 0 Å². The molecule has 8 nitrogen and oxygen atoms in total. The quantitative estimate of drug-likeness (QED) is 0.602. The molecule has 0 aliphatic carbocycles. The number of nitrogens with zero attached hydrogens (tertiary/aromatic N) is 4. The van der Waals surface area contributed by atoms with E-state index in [4.69, 9.17) is 9.47 Å². The van der Waals surface area contributed by atoms with Gasteiger partial charge in [-0.25, -0.2) is 9.78 Å². The van der Waals surface area contributed by atoms with Gasteiger partial charge in [-0.15, -0.1) is 0 Å². The minimum Gasteiger partial charge on any atom is -0.487 e. The number of fused-ring (bicyclic) bond motifs is 1. The molecule has 1 aliphatic rings. The predicted octanol–water partition coefficient (Wildman–Crippen LogP) is 3.91. The Labute approximate surface area is 193 Å². The molecule has 0 bridgehead atoms. The zero-order valence-corrected chi connectivity index (χ0v) is 19.6. The number of aryl methyl sites for hydroxylation is 1. The van der Waals surface area contributed by atoms with Gasteiger partial charge in [-0.05, 0) is 63.6 Å². The van der Waals surface area contributed by atoms with Crippen molar-refractivity contribution in [1.82, 2.24) is 19.2 Å². The first-order valence-corrected chi connectivity index (χ1v) is 11.1. The maximum Gasteiger partial charge on any atom is 0.410 e. The molecule has 1 aliphatic heterocycles. The summed E-state index contributed by atoms with van der Waals surface area (Å²) in [4.78, 5) is 33.1. The molecule has 1 saturated heterocycles. The molecule has 3 heterocycles. The van der Waals surface area contributed by atoms with Gasteiger partial charge in [0.25, 0.3) is 5.91 Å². The second-order valence-corrected chi connectivity index (χ2v) is 9.23. The van der Waals surface area contributed by atoms with Crippen molar-refractivity contribution in [3.8, 4) is 5.75 Å². The molecule has 0 N–H and O–H groups in total. The lowest BCUT2D eigenvalue weighted by atomic mass is 10.1. The molecule has 174 valence electrons. The van der Waals surface area contributed by atoms with Gasteiger partial charge in [0, 0.05) is 44.1 Å². The molecule has 1 aromatic carbocycles. The Kier molecular flexibility index (Phi) is 6.26. The fraction of sp³-hybridized carbons (Fsp3) is 0.400. The summed E-state index contributed by atoms with van der Waals surface area (Å²) in [5.74, 6) is 0.622. The van der Waals surface area contributed by atoms with Crippen LogP contribution in [-0.4, -0.2) is 63.0 Å². The number of carbonyl (C=O) groups excluding carboxylic acids is 2. The van der Waals surface area contributed by atoms with Gasteiger partial charge in [-0.1, -0.05) is 6.07 Å². The third-order valence-electron chi connectivity index (χ3n) is 5.43. The van der Waals surface area contributed by atoms with Crippen LogP contribution in [0.3, 0.4) is 0 Å². The Bertz CT molecular complexity index is 1140. The first-order chi connectivity index (χ1) is 15.7. The van der Waals surface area contributed by atoms with E-state index in [1.807, 2.05) is 56.6 Å². The van der Waals surface area contributed by atoms with E-state index in [1.54, 1.807) is 34.1 Å². The lowest BCUT2D eigenvalue weighted by molar-refractivity contribution is 0.0141. The van der Waals surface area contributed by atoms with Crippen molar-refractivity contribution < 1.29 is 19.1 Å². The van der Waals surface area contributed by atoms with E-state index in [0.29, 0.717) is 44.1 Å². The Morgan fingerprint density at radius 1 is 1.00 bits per heavy atom. The lowest BCUT2D eigenvalue weighted by Crippen LogP contribution is -2.51. The number of hydrogen-bond donors (Lipinski definition) is 0. The van der Waals surface area contributed by atoms with Crippen LogP contribution in [0.15, 0.2) is 48.8 Å². The molecule has 2 amide bonds. The average Bonchev–Trinajstić information content (AvgIpc) is 3.21. The van der Waals surface area contributed by atoms with Crippen molar-refractivity contribution in [3.63, 3.8) is 0 Å². The van der Waals surface area contributed by atoms with E-state index in [1.165, 1.54) is 0 Å². The predicted molar refractivity (Wildman–Crippen MR) is 124 cm³/mol. The maximum absolute atomic E-state index is 12.9. The molecule has 8 heteroatoms. The van der Waals surface area contributed by atoms with E-state index in [0.717, 1.165) is 16.9 Å². The van der Waals surface area contributed by atoms with Crippen molar-refractivity contribution >= 4 is 17.6 Å². The molecule has 0 unspecified atom stereocenters. The summed E-state index contributed by atoms with van der Waals surface area (Å²) in [5, 5.41) is 0. The second kappa shape index (κ2) is 9.13. The van der Waals surface area contributed by atoms with Gasteiger partial charge in [0.15, 0.2) is 0 Å². The van der Waals surface area contributed by atoms with Gasteiger partial charge in [0.05, 0.1) is 5.69 Å². The average molecular weight is 451 g/mol. The smallest absolute Gasteiger partial charge is 0.410 e. The number of rotatable bonds is 4. The maximum atomic E-state index is 12.9. The van der Waals surface area contributed by atoms with Crippen LogP contribution in [0.1, 0.15) is 42.4 Å². The van der Waals surface area contributed by atoms with Crippen molar-refractivity contribution in [2.75, 3.05) is 26.2 Å². The number of benzene rings is 1. The molecule has 1 fully saturated rings. The fourth-order valence-electron chi connectivity index (χ4n) is 3.73. The van der Waals surface area contributed by atoms with Crippen molar-refractivity contribution in [3.05, 3.63) is 65.6 Å². The van der Waals surface area contributed by atoms with Gasteiger partial charge in [0.1, 0.15) is 23.6 Å². The topological polar surface area (TPSA) is 76.4 Å². The number of hydrogen-bond acceptors (Lipinski definition) is 5. The highest BCUT2D eigenvalue weighted by molar-refractivity contribution is 5.94. The van der Waals surface area contributed by atoms with Crippen LogP contribution in [0.25, 0.3) is 5.65 Å². The van der Waals surface area contributed by atoms with E-state index in [-0.39, 0.29) is 12.0 Å². The molecular formula is C25H30N4O4. The van der Waals surface area contributed by atoms with Crippen LogP contribution >= 0.6 is 0 Å². The Hall–Kier alpha value is -3.55. The SMILES string of the molecule is Cc1cccn2cc(COc3ccc(C(=O)N4CCN(C(=O)OC(C)(C)C)CC4)cc3)nc12. The summed E-state index contributed by atoms with van der Waals surface area (Å²) in [6.45, 7) is 9.78. The first-order valence-electron chi connectivity index (χ1n) is 11.1.